The first kappa shape index (κ1) is 15.8. The summed E-state index contributed by atoms with van der Waals surface area (Å²) in [5, 5.41) is 14.3. The van der Waals surface area contributed by atoms with E-state index in [1.807, 2.05) is 6.07 Å². The molecule has 0 aliphatic carbocycles. The van der Waals surface area contributed by atoms with Crippen molar-refractivity contribution in [2.75, 3.05) is 11.9 Å². The van der Waals surface area contributed by atoms with Crippen LogP contribution in [0.25, 0.3) is 0 Å². The number of hydrogen-bond acceptors (Lipinski definition) is 2. The predicted molar refractivity (Wildman–Crippen MR) is 83.3 cm³/mol. The van der Waals surface area contributed by atoms with Crippen molar-refractivity contribution in [2.45, 2.75) is 6.42 Å². The lowest BCUT2D eigenvalue weighted by atomic mass is 10.1. The minimum atomic E-state index is -0.392. The Labute approximate surface area is 132 Å². The quantitative estimate of drug-likeness (QED) is 0.902. The Hall–Kier alpha value is -2.58. The van der Waals surface area contributed by atoms with Gasteiger partial charge >= 0.3 is 6.03 Å². The number of anilines is 1. The van der Waals surface area contributed by atoms with Crippen LogP contribution >= 0.6 is 11.6 Å². The van der Waals surface area contributed by atoms with Crippen molar-refractivity contribution < 1.29 is 9.18 Å². The number of nitrogens with zero attached hydrogens (tertiary/aromatic N) is 1. The molecule has 0 unspecified atom stereocenters. The molecule has 2 N–H and O–H groups in total. The van der Waals surface area contributed by atoms with Gasteiger partial charge in [-0.3, -0.25) is 0 Å². The van der Waals surface area contributed by atoms with E-state index in [0.717, 1.165) is 5.56 Å². The van der Waals surface area contributed by atoms with Crippen LogP contribution in [0.15, 0.2) is 42.5 Å². The molecule has 2 rings (SSSR count). The fraction of sp³-hybridized carbons (Fsp3) is 0.125. The molecule has 0 spiro atoms. The molecule has 0 saturated carbocycles. The number of halogens is 2. The second-order valence-electron chi connectivity index (χ2n) is 4.57. The van der Waals surface area contributed by atoms with Crippen LogP contribution < -0.4 is 10.6 Å². The third kappa shape index (κ3) is 4.47. The highest BCUT2D eigenvalue weighted by molar-refractivity contribution is 6.32. The number of hydrogen-bond donors (Lipinski definition) is 2. The largest absolute Gasteiger partial charge is 0.338 e. The normalized spacial score (nSPS) is 9.86. The predicted octanol–water partition coefficient (Wildman–Crippen LogP) is 3.71. The van der Waals surface area contributed by atoms with Gasteiger partial charge < -0.3 is 10.6 Å². The Morgan fingerprint density at radius 2 is 2.09 bits per heavy atom. The van der Waals surface area contributed by atoms with Gasteiger partial charge in [0.1, 0.15) is 11.9 Å². The molecule has 0 heterocycles. The second-order valence-corrected chi connectivity index (χ2v) is 4.97. The molecule has 6 heteroatoms. The molecule has 4 nitrogen and oxygen atoms in total. The Balaban J connectivity index is 1.83. The molecule has 0 fully saturated rings. The zero-order valence-corrected chi connectivity index (χ0v) is 12.3. The van der Waals surface area contributed by atoms with Crippen LogP contribution in [0.5, 0.6) is 0 Å². The highest BCUT2D eigenvalue weighted by Crippen LogP contribution is 2.19. The van der Waals surface area contributed by atoms with Gasteiger partial charge in [0.05, 0.1) is 10.6 Å². The summed E-state index contributed by atoms with van der Waals surface area (Å²) < 4.78 is 13.0. The van der Waals surface area contributed by atoms with Gasteiger partial charge in [0.15, 0.2) is 0 Å². The first-order chi connectivity index (χ1) is 10.6. The molecular formula is C16H13ClFN3O. The van der Waals surface area contributed by atoms with Crippen molar-refractivity contribution in [3.05, 3.63) is 64.4 Å². The lowest BCUT2D eigenvalue weighted by Gasteiger charge is -2.08. The van der Waals surface area contributed by atoms with Gasteiger partial charge in [-0.15, -0.1) is 0 Å². The van der Waals surface area contributed by atoms with E-state index in [0.29, 0.717) is 24.2 Å². The summed E-state index contributed by atoms with van der Waals surface area (Å²) in [6, 6.07) is 12.4. The third-order valence-corrected chi connectivity index (χ3v) is 3.25. The Kier molecular flexibility index (Phi) is 5.34. The molecule has 0 aliphatic rings. The number of urea groups is 1. The van der Waals surface area contributed by atoms with E-state index in [4.69, 9.17) is 16.9 Å². The smallest absolute Gasteiger partial charge is 0.319 e. The van der Waals surface area contributed by atoms with Gasteiger partial charge in [0, 0.05) is 12.2 Å². The molecule has 0 aromatic heterocycles. The first-order valence-corrected chi connectivity index (χ1v) is 6.95. The van der Waals surface area contributed by atoms with E-state index in [9.17, 15) is 9.18 Å². The summed E-state index contributed by atoms with van der Waals surface area (Å²) in [6.45, 7) is 0.374. The Bertz CT molecular complexity index is 728. The summed E-state index contributed by atoms with van der Waals surface area (Å²) in [5.41, 5.74) is 1.65. The average molecular weight is 318 g/mol. The summed E-state index contributed by atoms with van der Waals surface area (Å²) in [6.07, 6.45) is 0.527. The van der Waals surface area contributed by atoms with Gasteiger partial charge in [0.25, 0.3) is 0 Å². The number of carbonyl (C=O) groups is 1. The number of rotatable bonds is 4. The highest BCUT2D eigenvalue weighted by atomic mass is 35.5. The van der Waals surface area contributed by atoms with Gasteiger partial charge in [-0.25, -0.2) is 9.18 Å². The van der Waals surface area contributed by atoms with E-state index in [2.05, 4.69) is 10.6 Å². The molecular weight excluding hydrogens is 305 g/mol. The molecule has 0 aliphatic heterocycles. The van der Waals surface area contributed by atoms with Gasteiger partial charge in [-0.1, -0.05) is 23.7 Å². The van der Waals surface area contributed by atoms with Crippen LogP contribution in [0.1, 0.15) is 11.1 Å². The second kappa shape index (κ2) is 7.43. The Morgan fingerprint density at radius 3 is 2.77 bits per heavy atom. The molecule has 0 bridgehead atoms. The van der Waals surface area contributed by atoms with E-state index >= 15 is 0 Å². The number of nitriles is 1. The fourth-order valence-corrected chi connectivity index (χ4v) is 2.09. The van der Waals surface area contributed by atoms with Crippen molar-refractivity contribution >= 4 is 23.3 Å². The van der Waals surface area contributed by atoms with Crippen molar-refractivity contribution in [2.24, 2.45) is 0 Å². The van der Waals surface area contributed by atoms with E-state index in [1.54, 1.807) is 18.2 Å². The minimum Gasteiger partial charge on any atom is -0.338 e. The molecule has 22 heavy (non-hydrogen) atoms. The monoisotopic (exact) mass is 317 g/mol. The minimum absolute atomic E-state index is 0.278. The maximum absolute atomic E-state index is 13.0. The molecule has 0 atom stereocenters. The lowest BCUT2D eigenvalue weighted by Crippen LogP contribution is -2.30. The van der Waals surface area contributed by atoms with Crippen molar-refractivity contribution in [1.82, 2.24) is 5.32 Å². The third-order valence-electron chi connectivity index (χ3n) is 2.94. The topological polar surface area (TPSA) is 64.9 Å². The first-order valence-electron chi connectivity index (χ1n) is 6.57. The molecule has 0 saturated heterocycles. The van der Waals surface area contributed by atoms with Gasteiger partial charge in [0.2, 0.25) is 0 Å². The summed E-state index contributed by atoms with van der Waals surface area (Å²) in [5.74, 6) is -0.297. The average Bonchev–Trinajstić information content (AvgIpc) is 2.47. The van der Waals surface area contributed by atoms with Gasteiger partial charge in [-0.2, -0.15) is 5.26 Å². The summed E-state index contributed by atoms with van der Waals surface area (Å²) >= 11 is 5.88. The zero-order chi connectivity index (χ0) is 15.9. The lowest BCUT2D eigenvalue weighted by molar-refractivity contribution is 0.252. The molecule has 112 valence electrons. The van der Waals surface area contributed by atoms with Crippen molar-refractivity contribution in [3.63, 3.8) is 0 Å². The zero-order valence-electron chi connectivity index (χ0n) is 11.6. The fourth-order valence-electron chi connectivity index (χ4n) is 1.87. The van der Waals surface area contributed by atoms with Crippen LogP contribution in [-0.2, 0) is 6.42 Å². The van der Waals surface area contributed by atoms with Gasteiger partial charge in [-0.05, 0) is 42.3 Å². The number of carbonyl (C=O) groups excluding carboxylic acids is 1. The molecule has 0 radical (unpaired) electrons. The van der Waals surface area contributed by atoms with E-state index in [-0.39, 0.29) is 10.8 Å². The molecule has 2 aromatic carbocycles. The summed E-state index contributed by atoms with van der Waals surface area (Å²) in [4.78, 5) is 11.7. The van der Waals surface area contributed by atoms with Crippen LogP contribution in [-0.4, -0.2) is 12.6 Å². The maximum Gasteiger partial charge on any atom is 0.319 e. The van der Waals surface area contributed by atoms with Crippen LogP contribution in [0.2, 0.25) is 5.02 Å². The van der Waals surface area contributed by atoms with Crippen molar-refractivity contribution in [3.8, 4) is 6.07 Å². The SMILES string of the molecule is N#Cc1ccc(NC(=O)NCCc2cccc(F)c2)cc1Cl. The van der Waals surface area contributed by atoms with E-state index in [1.165, 1.54) is 24.3 Å². The molecule has 2 aromatic rings. The van der Waals surface area contributed by atoms with Crippen LogP contribution in [0, 0.1) is 17.1 Å². The maximum atomic E-state index is 13.0. The van der Waals surface area contributed by atoms with Crippen molar-refractivity contribution in [1.29, 1.82) is 5.26 Å². The molecule has 2 amide bonds. The number of nitrogens with one attached hydrogen (secondary N) is 2. The Morgan fingerprint density at radius 1 is 1.27 bits per heavy atom. The number of amides is 2. The van der Waals surface area contributed by atoms with Crippen LogP contribution in [0.3, 0.4) is 0 Å². The standard InChI is InChI=1S/C16H13ClFN3O/c17-15-9-14(5-4-12(15)10-19)21-16(22)20-7-6-11-2-1-3-13(18)8-11/h1-5,8-9H,6-7H2,(H2,20,21,22). The highest BCUT2D eigenvalue weighted by Gasteiger charge is 2.05. The number of benzene rings is 2. The summed E-state index contributed by atoms with van der Waals surface area (Å²) in [7, 11) is 0. The van der Waals surface area contributed by atoms with Crippen LogP contribution in [0.4, 0.5) is 14.9 Å². The van der Waals surface area contributed by atoms with E-state index < -0.39 is 6.03 Å².